The highest BCUT2D eigenvalue weighted by atomic mass is 32.2. The summed E-state index contributed by atoms with van der Waals surface area (Å²) in [4.78, 5) is 40.3. The van der Waals surface area contributed by atoms with Crippen molar-refractivity contribution in [2.24, 2.45) is 0 Å². The zero-order chi connectivity index (χ0) is 20.7. The third-order valence-corrected chi connectivity index (χ3v) is 7.50. The first kappa shape index (κ1) is 23.0. The predicted molar refractivity (Wildman–Crippen MR) is 118 cm³/mol. The summed E-state index contributed by atoms with van der Waals surface area (Å²) in [6, 6.07) is 0. The number of likely N-dealkylation sites (N-methyl/N-ethyl adjacent to an activating group) is 1. The van der Waals surface area contributed by atoms with Crippen molar-refractivity contribution in [3.63, 3.8) is 0 Å². The Hall–Kier alpha value is -1.32. The van der Waals surface area contributed by atoms with Crippen LogP contribution in [0.4, 0.5) is 0 Å². The van der Waals surface area contributed by atoms with Crippen molar-refractivity contribution in [1.82, 2.24) is 9.80 Å². The topological polar surface area (TPSA) is 77.9 Å². The lowest BCUT2D eigenvalue weighted by Gasteiger charge is -2.35. The molecule has 0 aromatic carbocycles. The second-order valence-electron chi connectivity index (χ2n) is 6.73. The molecule has 0 bridgehead atoms. The van der Waals surface area contributed by atoms with E-state index in [4.69, 9.17) is 17.3 Å². The Labute approximate surface area is 179 Å². The highest BCUT2D eigenvalue weighted by molar-refractivity contribution is 8.28. The van der Waals surface area contributed by atoms with Gasteiger partial charge in [-0.05, 0) is 48.2 Å². The first-order valence-electron chi connectivity index (χ1n) is 9.50. The van der Waals surface area contributed by atoms with Crippen molar-refractivity contribution in [1.29, 1.82) is 0 Å². The van der Waals surface area contributed by atoms with Crippen LogP contribution in [0.25, 0.3) is 0 Å². The van der Waals surface area contributed by atoms with Gasteiger partial charge in [0.05, 0.1) is 4.24 Å². The third kappa shape index (κ3) is 5.84. The van der Waals surface area contributed by atoms with Crippen molar-refractivity contribution in [3.05, 3.63) is 20.1 Å². The van der Waals surface area contributed by atoms with Gasteiger partial charge < -0.3 is 5.11 Å². The molecular weight excluding hydrogens is 416 g/mol. The fourth-order valence-corrected chi connectivity index (χ4v) is 5.56. The number of thiocarbonyl (C=S) groups is 1. The molecule has 0 aliphatic carbocycles. The average Bonchev–Trinajstić information content (AvgIpc) is 3.11. The molecule has 6 nitrogen and oxygen atoms in total. The minimum Gasteiger partial charge on any atom is -0.481 e. The third-order valence-electron chi connectivity index (χ3n) is 4.52. The Kier molecular flexibility index (Phi) is 9.04. The highest BCUT2D eigenvalue weighted by Gasteiger charge is 2.40. The normalized spacial score (nSPS) is 20.2. The molecule has 1 N–H and O–H groups in total. The van der Waals surface area contributed by atoms with Gasteiger partial charge >= 0.3 is 5.97 Å². The molecule has 154 valence electrons. The number of carboxylic acids is 1. The van der Waals surface area contributed by atoms with Crippen molar-refractivity contribution < 1.29 is 19.5 Å². The first-order chi connectivity index (χ1) is 13.4. The Morgan fingerprint density at radius 3 is 2.57 bits per heavy atom. The van der Waals surface area contributed by atoms with Gasteiger partial charge in [0, 0.05) is 20.0 Å². The molecule has 1 fully saturated rings. The molecule has 0 radical (unpaired) electrons. The molecule has 2 aliphatic heterocycles. The Balaban J connectivity index is 2.04. The van der Waals surface area contributed by atoms with E-state index in [9.17, 15) is 14.4 Å². The van der Waals surface area contributed by atoms with Gasteiger partial charge in [-0.25, -0.2) is 0 Å². The Morgan fingerprint density at radius 1 is 1.14 bits per heavy atom. The largest absolute Gasteiger partial charge is 0.481 e. The lowest BCUT2D eigenvalue weighted by molar-refractivity contribution is -0.137. The number of unbranched alkanes of at least 4 members (excludes halogenated alkanes) is 4. The van der Waals surface area contributed by atoms with E-state index in [0.29, 0.717) is 25.8 Å². The van der Waals surface area contributed by atoms with Crippen LogP contribution >= 0.6 is 35.7 Å². The second kappa shape index (κ2) is 11.0. The number of aliphatic carboxylic acids is 1. The van der Waals surface area contributed by atoms with Crippen LogP contribution < -0.4 is 0 Å². The van der Waals surface area contributed by atoms with Crippen LogP contribution in [0.15, 0.2) is 20.1 Å². The summed E-state index contributed by atoms with van der Waals surface area (Å²) >= 11 is 8.27. The fraction of sp³-hybridized carbons (Fsp3) is 0.579. The van der Waals surface area contributed by atoms with E-state index in [1.807, 2.05) is 5.41 Å². The summed E-state index contributed by atoms with van der Waals surface area (Å²) in [7, 11) is 1.59. The monoisotopic (exact) mass is 442 g/mol. The number of hydrogen-bond acceptors (Lipinski definition) is 6. The quantitative estimate of drug-likeness (QED) is 0.233. The van der Waals surface area contributed by atoms with Crippen LogP contribution in [0.5, 0.6) is 0 Å². The Morgan fingerprint density at radius 2 is 1.89 bits per heavy atom. The molecule has 2 rings (SSSR count). The summed E-state index contributed by atoms with van der Waals surface area (Å²) in [6.07, 6.45) is 6.40. The van der Waals surface area contributed by atoms with E-state index in [1.165, 1.54) is 44.6 Å². The van der Waals surface area contributed by atoms with Crippen molar-refractivity contribution >= 4 is 58.6 Å². The van der Waals surface area contributed by atoms with E-state index < -0.39 is 5.97 Å². The van der Waals surface area contributed by atoms with Crippen LogP contribution in [0.2, 0.25) is 0 Å². The molecule has 2 heterocycles. The van der Waals surface area contributed by atoms with Gasteiger partial charge in [0.15, 0.2) is 5.11 Å². The second-order valence-corrected chi connectivity index (χ2v) is 9.37. The minimum absolute atomic E-state index is 0.117. The number of carbonyl (C=O) groups excluding carboxylic acids is 2. The van der Waals surface area contributed by atoms with Crippen LogP contribution in [0.3, 0.4) is 0 Å². The molecule has 9 heteroatoms. The van der Waals surface area contributed by atoms with E-state index in [0.717, 1.165) is 23.5 Å². The molecule has 0 aromatic heterocycles. The fourth-order valence-electron chi connectivity index (χ4n) is 2.90. The number of hydrogen-bond donors (Lipinski definition) is 1. The molecule has 2 aliphatic rings. The number of nitrogens with zero attached hydrogens (tertiary/aromatic N) is 2. The standard InChI is InChI=1S/C19H26N2O4S3/c1-3-4-6-9-13-12-27-18(28-13)15-16(24)20(2)19(26)21(17(15)25)11-8-5-7-10-14(22)23/h12H,3-11H2,1-2H3,(H,22,23). The molecule has 0 spiro atoms. The van der Waals surface area contributed by atoms with E-state index >= 15 is 0 Å². The number of rotatable bonds is 10. The lowest BCUT2D eigenvalue weighted by atomic mass is 10.1. The van der Waals surface area contributed by atoms with Gasteiger partial charge in [-0.3, -0.25) is 24.2 Å². The van der Waals surface area contributed by atoms with Crippen molar-refractivity contribution in [2.75, 3.05) is 13.6 Å². The van der Waals surface area contributed by atoms with Crippen LogP contribution in [0.1, 0.15) is 58.3 Å². The zero-order valence-electron chi connectivity index (χ0n) is 16.2. The summed E-state index contributed by atoms with van der Waals surface area (Å²) in [6.45, 7) is 2.55. The average molecular weight is 443 g/mol. The molecule has 2 amide bonds. The molecule has 28 heavy (non-hydrogen) atoms. The summed E-state index contributed by atoms with van der Waals surface area (Å²) in [5.74, 6) is -1.51. The van der Waals surface area contributed by atoms with Crippen LogP contribution in [-0.4, -0.2) is 51.4 Å². The Bertz CT molecular complexity index is 718. The van der Waals surface area contributed by atoms with Gasteiger partial charge in [0.2, 0.25) is 0 Å². The van der Waals surface area contributed by atoms with Crippen molar-refractivity contribution in [3.8, 4) is 0 Å². The van der Waals surface area contributed by atoms with Gasteiger partial charge in [-0.1, -0.05) is 49.7 Å². The molecule has 0 atom stereocenters. The first-order valence-corrected chi connectivity index (χ1v) is 11.6. The number of allylic oxidation sites excluding steroid dienone is 1. The van der Waals surface area contributed by atoms with Crippen LogP contribution in [0, 0.1) is 0 Å². The number of amides is 2. The predicted octanol–water partition coefficient (Wildman–Crippen LogP) is 4.33. The molecular formula is C19H26N2O4S3. The number of carboxylic acid groups (broad SMARTS) is 1. The van der Waals surface area contributed by atoms with Crippen molar-refractivity contribution in [2.45, 2.75) is 58.3 Å². The minimum atomic E-state index is -0.820. The number of thioether (sulfide) groups is 2. The van der Waals surface area contributed by atoms with E-state index in [-0.39, 0.29) is 28.9 Å². The summed E-state index contributed by atoms with van der Waals surface area (Å²) in [5, 5.41) is 11.0. The molecule has 0 saturated carbocycles. The van der Waals surface area contributed by atoms with E-state index in [2.05, 4.69) is 6.92 Å². The van der Waals surface area contributed by atoms with Gasteiger partial charge in [-0.2, -0.15) is 0 Å². The van der Waals surface area contributed by atoms with E-state index in [1.54, 1.807) is 7.05 Å². The molecule has 0 unspecified atom stereocenters. The molecule has 1 saturated heterocycles. The van der Waals surface area contributed by atoms with Gasteiger partial charge in [0.1, 0.15) is 5.57 Å². The smallest absolute Gasteiger partial charge is 0.303 e. The lowest BCUT2D eigenvalue weighted by Crippen LogP contribution is -2.55. The summed E-state index contributed by atoms with van der Waals surface area (Å²) in [5.41, 5.74) is 0.193. The zero-order valence-corrected chi connectivity index (χ0v) is 18.7. The summed E-state index contributed by atoms with van der Waals surface area (Å²) < 4.78 is 0.728. The van der Waals surface area contributed by atoms with Gasteiger partial charge in [0.25, 0.3) is 11.8 Å². The maximum Gasteiger partial charge on any atom is 0.303 e. The van der Waals surface area contributed by atoms with Crippen LogP contribution in [-0.2, 0) is 14.4 Å². The maximum atomic E-state index is 13.0. The number of carbonyl (C=O) groups is 3. The maximum absolute atomic E-state index is 13.0. The SMILES string of the molecule is CCCCCC1=CSC(=C2C(=O)N(C)C(=S)N(CCCCCC(=O)O)C2=O)S1. The molecule has 0 aromatic rings. The van der Waals surface area contributed by atoms with Gasteiger partial charge in [-0.15, -0.1) is 0 Å². The highest BCUT2D eigenvalue weighted by Crippen LogP contribution is 2.48.